The Morgan fingerprint density at radius 2 is 1.85 bits per heavy atom. The first kappa shape index (κ1) is 12.3. The second-order valence-corrected chi connectivity index (χ2v) is 4.27. The van der Waals surface area contributed by atoms with Crippen molar-refractivity contribution in [2.24, 2.45) is 4.99 Å². The van der Waals surface area contributed by atoms with Gasteiger partial charge in [-0.25, -0.2) is 0 Å². The van der Waals surface area contributed by atoms with E-state index in [1.807, 2.05) is 60.8 Å². The zero-order valence-corrected chi connectivity index (χ0v) is 10.8. The molecule has 0 saturated carbocycles. The maximum atomic E-state index is 5.25. The van der Waals surface area contributed by atoms with Crippen LogP contribution in [0.2, 0.25) is 0 Å². The Bertz CT molecular complexity index is 690. The first-order valence-electron chi connectivity index (χ1n) is 6.34. The molecule has 4 heteroatoms. The molecule has 2 heterocycles. The Hall–Kier alpha value is -2.75. The minimum Gasteiger partial charge on any atom is -0.359 e. The van der Waals surface area contributed by atoms with E-state index in [1.165, 1.54) is 0 Å². The van der Waals surface area contributed by atoms with Crippen LogP contribution in [0.25, 0.3) is 11.4 Å². The molecule has 0 saturated heterocycles. The van der Waals surface area contributed by atoms with Gasteiger partial charge in [-0.3, -0.25) is 9.98 Å². The minimum atomic E-state index is 0.467. The lowest BCUT2D eigenvalue weighted by molar-refractivity contribution is 0.387. The third kappa shape index (κ3) is 2.98. The average Bonchev–Trinajstić information content (AvgIpc) is 2.98. The summed E-state index contributed by atoms with van der Waals surface area (Å²) in [4.78, 5) is 8.57. The van der Waals surface area contributed by atoms with Gasteiger partial charge in [-0.1, -0.05) is 41.6 Å². The van der Waals surface area contributed by atoms with E-state index in [-0.39, 0.29) is 0 Å². The van der Waals surface area contributed by atoms with Gasteiger partial charge in [-0.05, 0) is 17.7 Å². The Morgan fingerprint density at radius 1 is 1.00 bits per heavy atom. The molecule has 0 spiro atoms. The van der Waals surface area contributed by atoms with Gasteiger partial charge < -0.3 is 4.52 Å². The highest BCUT2D eigenvalue weighted by Crippen LogP contribution is 2.16. The van der Waals surface area contributed by atoms with E-state index < -0.39 is 0 Å². The van der Waals surface area contributed by atoms with Gasteiger partial charge in [0.2, 0.25) is 0 Å². The number of aliphatic imine (C=N–C) groups is 1. The number of pyridine rings is 1. The van der Waals surface area contributed by atoms with Gasteiger partial charge in [-0.15, -0.1) is 0 Å². The number of nitrogens with zero attached hydrogens (tertiary/aromatic N) is 3. The van der Waals surface area contributed by atoms with Crippen LogP contribution in [0.3, 0.4) is 0 Å². The van der Waals surface area contributed by atoms with Crippen molar-refractivity contribution in [1.82, 2.24) is 10.1 Å². The molecule has 0 aliphatic rings. The molecule has 0 fully saturated rings. The molecule has 0 bridgehead atoms. The minimum absolute atomic E-state index is 0.467. The van der Waals surface area contributed by atoms with Crippen LogP contribution in [-0.2, 0) is 6.54 Å². The number of benzene rings is 1. The molecule has 98 valence electrons. The average molecular weight is 263 g/mol. The smallest absolute Gasteiger partial charge is 0.158 e. The monoisotopic (exact) mass is 263 g/mol. The molecule has 0 amide bonds. The molecule has 0 radical (unpaired) electrons. The second-order valence-electron chi connectivity index (χ2n) is 4.27. The first-order chi connectivity index (χ1) is 9.92. The number of rotatable bonds is 4. The predicted molar refractivity (Wildman–Crippen MR) is 77.5 cm³/mol. The van der Waals surface area contributed by atoms with Crippen molar-refractivity contribution in [3.05, 3.63) is 72.1 Å². The van der Waals surface area contributed by atoms with Gasteiger partial charge in [-0.2, -0.15) is 0 Å². The zero-order valence-electron chi connectivity index (χ0n) is 10.8. The number of hydrogen-bond acceptors (Lipinski definition) is 4. The molecule has 0 aliphatic carbocycles. The van der Waals surface area contributed by atoms with E-state index in [0.717, 1.165) is 22.7 Å². The standard InChI is InChI=1S/C16H13N3O/c1-2-6-13(7-3-1)11-17-12-14-10-16(19-20-14)15-8-4-5-9-18-15/h1-11H,12H2. The lowest BCUT2D eigenvalue weighted by atomic mass is 10.2. The predicted octanol–water partition coefficient (Wildman–Crippen LogP) is 3.36. The third-order valence-electron chi connectivity index (χ3n) is 2.77. The van der Waals surface area contributed by atoms with Crippen molar-refractivity contribution < 1.29 is 4.52 Å². The van der Waals surface area contributed by atoms with Crippen LogP contribution < -0.4 is 0 Å². The molecule has 3 rings (SSSR count). The molecular formula is C16H13N3O. The van der Waals surface area contributed by atoms with E-state index in [1.54, 1.807) is 6.20 Å². The normalized spacial score (nSPS) is 11.0. The summed E-state index contributed by atoms with van der Waals surface area (Å²) in [6.45, 7) is 0.467. The van der Waals surface area contributed by atoms with Crippen molar-refractivity contribution in [3.63, 3.8) is 0 Å². The van der Waals surface area contributed by atoms with Crippen LogP contribution in [0.1, 0.15) is 11.3 Å². The van der Waals surface area contributed by atoms with E-state index in [0.29, 0.717) is 6.54 Å². The number of hydrogen-bond donors (Lipinski definition) is 0. The fourth-order valence-corrected chi connectivity index (χ4v) is 1.80. The number of aromatic nitrogens is 2. The molecule has 2 aromatic heterocycles. The van der Waals surface area contributed by atoms with Crippen LogP contribution >= 0.6 is 0 Å². The summed E-state index contributed by atoms with van der Waals surface area (Å²) >= 11 is 0. The summed E-state index contributed by atoms with van der Waals surface area (Å²) in [7, 11) is 0. The zero-order chi connectivity index (χ0) is 13.6. The highest BCUT2D eigenvalue weighted by molar-refractivity contribution is 5.79. The van der Waals surface area contributed by atoms with Crippen molar-refractivity contribution in [2.45, 2.75) is 6.54 Å². The second kappa shape index (κ2) is 5.93. The molecule has 3 aromatic rings. The van der Waals surface area contributed by atoms with Crippen molar-refractivity contribution in [1.29, 1.82) is 0 Å². The summed E-state index contributed by atoms with van der Waals surface area (Å²) < 4.78 is 5.25. The molecule has 20 heavy (non-hydrogen) atoms. The topological polar surface area (TPSA) is 51.3 Å². The molecule has 4 nitrogen and oxygen atoms in total. The summed E-state index contributed by atoms with van der Waals surface area (Å²) in [6.07, 6.45) is 3.56. The fourth-order valence-electron chi connectivity index (χ4n) is 1.80. The Balaban J connectivity index is 1.68. The van der Waals surface area contributed by atoms with E-state index in [4.69, 9.17) is 4.52 Å². The highest BCUT2D eigenvalue weighted by atomic mass is 16.5. The Labute approximate surface area is 116 Å². The Morgan fingerprint density at radius 3 is 2.65 bits per heavy atom. The van der Waals surface area contributed by atoms with Crippen LogP contribution in [0.4, 0.5) is 0 Å². The van der Waals surface area contributed by atoms with E-state index in [2.05, 4.69) is 15.1 Å². The largest absolute Gasteiger partial charge is 0.359 e. The molecule has 0 N–H and O–H groups in total. The molecule has 1 aromatic carbocycles. The van der Waals surface area contributed by atoms with Crippen LogP contribution in [-0.4, -0.2) is 16.4 Å². The first-order valence-corrected chi connectivity index (χ1v) is 6.34. The summed E-state index contributed by atoms with van der Waals surface area (Å²) in [5.41, 5.74) is 2.60. The lowest BCUT2D eigenvalue weighted by Crippen LogP contribution is -1.82. The van der Waals surface area contributed by atoms with Gasteiger partial charge in [0.05, 0.1) is 12.2 Å². The lowest BCUT2D eigenvalue weighted by Gasteiger charge is -1.91. The van der Waals surface area contributed by atoms with Crippen molar-refractivity contribution in [3.8, 4) is 11.4 Å². The van der Waals surface area contributed by atoms with Crippen LogP contribution in [0.15, 0.2) is 70.3 Å². The molecular weight excluding hydrogens is 250 g/mol. The van der Waals surface area contributed by atoms with E-state index >= 15 is 0 Å². The molecule has 0 unspecified atom stereocenters. The van der Waals surface area contributed by atoms with Gasteiger partial charge in [0.15, 0.2) is 5.76 Å². The third-order valence-corrected chi connectivity index (χ3v) is 2.77. The van der Waals surface area contributed by atoms with Gasteiger partial charge in [0, 0.05) is 18.5 Å². The quantitative estimate of drug-likeness (QED) is 0.678. The van der Waals surface area contributed by atoms with Gasteiger partial charge in [0.25, 0.3) is 0 Å². The maximum Gasteiger partial charge on any atom is 0.158 e. The highest BCUT2D eigenvalue weighted by Gasteiger charge is 2.06. The van der Waals surface area contributed by atoms with Gasteiger partial charge in [0.1, 0.15) is 5.69 Å². The summed E-state index contributed by atoms with van der Waals surface area (Å²) in [5.74, 6) is 0.720. The SMILES string of the molecule is C(=NCc1cc(-c2ccccn2)no1)c1ccccc1. The van der Waals surface area contributed by atoms with Crippen molar-refractivity contribution in [2.75, 3.05) is 0 Å². The molecule has 0 aliphatic heterocycles. The Kier molecular flexibility index (Phi) is 3.64. The van der Waals surface area contributed by atoms with Crippen LogP contribution in [0, 0.1) is 0 Å². The van der Waals surface area contributed by atoms with Gasteiger partial charge >= 0.3 is 0 Å². The maximum absolute atomic E-state index is 5.25. The molecule has 0 atom stereocenters. The van der Waals surface area contributed by atoms with Crippen LogP contribution in [0.5, 0.6) is 0 Å². The summed E-state index contributed by atoms with van der Waals surface area (Å²) in [5, 5.41) is 4.00. The fraction of sp³-hybridized carbons (Fsp3) is 0.0625. The van der Waals surface area contributed by atoms with E-state index in [9.17, 15) is 0 Å². The van der Waals surface area contributed by atoms with Crippen molar-refractivity contribution >= 4 is 6.21 Å². The summed E-state index contributed by atoms with van der Waals surface area (Å²) in [6, 6.07) is 17.5.